The lowest BCUT2D eigenvalue weighted by atomic mass is 9.76. The van der Waals surface area contributed by atoms with E-state index in [9.17, 15) is 4.79 Å². The first-order valence-electron chi connectivity index (χ1n) is 11.0. The van der Waals surface area contributed by atoms with Crippen LogP contribution < -0.4 is 15.5 Å². The number of amides is 1. The molecule has 2 aliphatic rings. The third-order valence-electron chi connectivity index (χ3n) is 6.20. The van der Waals surface area contributed by atoms with E-state index in [1.165, 1.54) is 11.1 Å². The summed E-state index contributed by atoms with van der Waals surface area (Å²) in [4.78, 5) is 11.9. The second-order valence-corrected chi connectivity index (χ2v) is 8.88. The van der Waals surface area contributed by atoms with Crippen LogP contribution in [0.5, 0.6) is 5.75 Å². The highest BCUT2D eigenvalue weighted by Crippen LogP contribution is 2.50. The molecular weight excluding hydrogens is 386 g/mol. The van der Waals surface area contributed by atoms with Gasteiger partial charge in [0.05, 0.1) is 18.9 Å². The van der Waals surface area contributed by atoms with Crippen LogP contribution in [0.15, 0.2) is 59.7 Å². The molecule has 5 nitrogen and oxygen atoms in total. The average molecular weight is 418 g/mol. The summed E-state index contributed by atoms with van der Waals surface area (Å²) < 4.78 is 5.32. The molecule has 0 spiro atoms. The maximum atomic E-state index is 11.9. The normalized spacial score (nSPS) is 22.0. The first kappa shape index (κ1) is 21.2. The van der Waals surface area contributed by atoms with Gasteiger partial charge in [0.1, 0.15) is 5.75 Å². The molecule has 0 radical (unpaired) electrons. The number of ether oxygens (including phenoxy) is 1. The lowest BCUT2D eigenvalue weighted by molar-refractivity contribution is -0.121. The number of carbonyl (C=O) groups excluding carboxylic acids is 1. The predicted molar refractivity (Wildman–Crippen MR) is 126 cm³/mol. The summed E-state index contributed by atoms with van der Waals surface area (Å²) in [6.07, 6.45) is 6.16. The molecule has 2 aromatic rings. The van der Waals surface area contributed by atoms with E-state index in [0.29, 0.717) is 24.2 Å². The van der Waals surface area contributed by atoms with Gasteiger partial charge in [0.15, 0.2) is 0 Å². The Morgan fingerprint density at radius 3 is 2.71 bits per heavy atom. The standard InChI is InChI=1S/C26H31N3O2/c1-16(2)14-25(30)29-28-17(3)19-10-13-24-23(15-19)21-6-5-7-22(21)26(27-24)18-8-11-20(31-4)12-9-18/h5-6,8-13,15-16,21-22,26-27H,7,14H2,1-4H3,(H,29,30)/b28-17-/t21-,22+,26+/m1/s1. The van der Waals surface area contributed by atoms with Gasteiger partial charge in [0, 0.05) is 18.0 Å². The zero-order chi connectivity index (χ0) is 22.0. The summed E-state index contributed by atoms with van der Waals surface area (Å²) in [5.74, 6) is 1.98. The van der Waals surface area contributed by atoms with Crippen molar-refractivity contribution in [3.8, 4) is 5.75 Å². The van der Waals surface area contributed by atoms with Crippen molar-refractivity contribution in [3.05, 3.63) is 71.3 Å². The number of nitrogens with one attached hydrogen (secondary N) is 2. The molecule has 4 rings (SSSR count). The number of hydrogen-bond acceptors (Lipinski definition) is 4. The van der Waals surface area contributed by atoms with Gasteiger partial charge in [-0.15, -0.1) is 0 Å². The molecule has 0 bridgehead atoms. The maximum Gasteiger partial charge on any atom is 0.240 e. The van der Waals surface area contributed by atoms with Gasteiger partial charge in [-0.05, 0) is 66.1 Å². The second kappa shape index (κ2) is 8.96. The highest BCUT2D eigenvalue weighted by molar-refractivity contribution is 6.00. The fraction of sp³-hybridized carbons (Fsp3) is 0.385. The Morgan fingerprint density at radius 1 is 1.23 bits per heavy atom. The van der Waals surface area contributed by atoms with Crippen molar-refractivity contribution in [3.63, 3.8) is 0 Å². The summed E-state index contributed by atoms with van der Waals surface area (Å²) in [5.41, 5.74) is 8.27. The summed E-state index contributed by atoms with van der Waals surface area (Å²) in [6, 6.07) is 15.1. The Hall–Kier alpha value is -3.08. The van der Waals surface area contributed by atoms with E-state index >= 15 is 0 Å². The Labute approximate surface area is 184 Å². The fourth-order valence-electron chi connectivity index (χ4n) is 4.59. The molecule has 31 heavy (non-hydrogen) atoms. The summed E-state index contributed by atoms with van der Waals surface area (Å²) in [5, 5.41) is 8.10. The van der Waals surface area contributed by atoms with E-state index in [4.69, 9.17) is 4.74 Å². The number of allylic oxidation sites excluding steroid dienone is 2. The fourth-order valence-corrected chi connectivity index (χ4v) is 4.59. The Bertz CT molecular complexity index is 1010. The quantitative estimate of drug-likeness (QED) is 0.375. The molecule has 0 unspecified atom stereocenters. The van der Waals surface area contributed by atoms with Crippen molar-refractivity contribution >= 4 is 17.3 Å². The maximum absolute atomic E-state index is 11.9. The van der Waals surface area contributed by atoms with Gasteiger partial charge in [-0.1, -0.05) is 44.2 Å². The third-order valence-corrected chi connectivity index (χ3v) is 6.20. The van der Waals surface area contributed by atoms with Crippen LogP contribution in [-0.4, -0.2) is 18.7 Å². The van der Waals surface area contributed by atoms with Gasteiger partial charge < -0.3 is 10.1 Å². The zero-order valence-corrected chi connectivity index (χ0v) is 18.7. The number of carbonyl (C=O) groups is 1. The van der Waals surface area contributed by atoms with Crippen molar-refractivity contribution in [2.75, 3.05) is 12.4 Å². The minimum absolute atomic E-state index is 0.0462. The van der Waals surface area contributed by atoms with E-state index in [1.807, 2.05) is 32.9 Å². The SMILES string of the molecule is COc1ccc([C@@H]2Nc3ccc(/C(C)=N\NC(=O)CC(C)C)cc3[C@@H]3C=CC[C@@H]32)cc1. The monoisotopic (exact) mass is 417 g/mol. The number of anilines is 1. The van der Waals surface area contributed by atoms with Crippen LogP contribution in [-0.2, 0) is 4.79 Å². The number of methoxy groups -OCH3 is 1. The summed E-state index contributed by atoms with van der Waals surface area (Å²) in [7, 11) is 1.69. The zero-order valence-electron chi connectivity index (χ0n) is 18.7. The molecule has 0 saturated carbocycles. The van der Waals surface area contributed by atoms with Gasteiger partial charge in [-0.25, -0.2) is 5.43 Å². The van der Waals surface area contributed by atoms with Crippen molar-refractivity contribution in [2.24, 2.45) is 16.9 Å². The van der Waals surface area contributed by atoms with Crippen LogP contribution in [0.2, 0.25) is 0 Å². The highest BCUT2D eigenvalue weighted by atomic mass is 16.5. The van der Waals surface area contributed by atoms with Crippen molar-refractivity contribution in [2.45, 2.75) is 45.6 Å². The minimum atomic E-state index is -0.0462. The Morgan fingerprint density at radius 2 is 2.00 bits per heavy atom. The molecule has 1 heterocycles. The number of hydrogen-bond donors (Lipinski definition) is 2. The minimum Gasteiger partial charge on any atom is -0.497 e. The molecule has 3 atom stereocenters. The van der Waals surface area contributed by atoms with E-state index in [0.717, 1.165) is 29.1 Å². The molecule has 1 aliphatic carbocycles. The van der Waals surface area contributed by atoms with Crippen LogP contribution in [0.1, 0.15) is 62.3 Å². The van der Waals surface area contributed by atoms with Crippen molar-refractivity contribution in [1.29, 1.82) is 0 Å². The number of fused-ring (bicyclic) bond motifs is 3. The molecule has 2 N–H and O–H groups in total. The van der Waals surface area contributed by atoms with Crippen LogP contribution >= 0.6 is 0 Å². The number of benzene rings is 2. The molecular formula is C26H31N3O2. The topological polar surface area (TPSA) is 62.7 Å². The smallest absolute Gasteiger partial charge is 0.240 e. The second-order valence-electron chi connectivity index (χ2n) is 8.88. The largest absolute Gasteiger partial charge is 0.497 e. The van der Waals surface area contributed by atoms with E-state index in [-0.39, 0.29) is 11.9 Å². The Balaban J connectivity index is 1.58. The highest BCUT2D eigenvalue weighted by Gasteiger charge is 2.38. The van der Waals surface area contributed by atoms with Crippen LogP contribution in [0.3, 0.4) is 0 Å². The van der Waals surface area contributed by atoms with Crippen LogP contribution in [0, 0.1) is 11.8 Å². The molecule has 1 aliphatic heterocycles. The van der Waals surface area contributed by atoms with Gasteiger partial charge in [0.2, 0.25) is 5.91 Å². The average Bonchev–Trinajstić information content (AvgIpc) is 3.26. The predicted octanol–water partition coefficient (Wildman–Crippen LogP) is 5.41. The lowest BCUT2D eigenvalue weighted by Crippen LogP contribution is -2.29. The first-order chi connectivity index (χ1) is 15.0. The van der Waals surface area contributed by atoms with E-state index in [2.05, 4.69) is 58.3 Å². The number of rotatable bonds is 6. The molecule has 1 amide bonds. The molecule has 0 saturated heterocycles. The summed E-state index contributed by atoms with van der Waals surface area (Å²) >= 11 is 0. The van der Waals surface area contributed by atoms with Gasteiger partial charge in [-0.3, -0.25) is 4.79 Å². The molecule has 0 fully saturated rings. The molecule has 162 valence electrons. The Kier molecular flexibility index (Phi) is 6.12. The van der Waals surface area contributed by atoms with E-state index in [1.54, 1.807) is 7.11 Å². The van der Waals surface area contributed by atoms with Gasteiger partial charge in [-0.2, -0.15) is 5.10 Å². The molecule has 5 heteroatoms. The van der Waals surface area contributed by atoms with Crippen LogP contribution in [0.4, 0.5) is 5.69 Å². The third kappa shape index (κ3) is 4.50. The van der Waals surface area contributed by atoms with Gasteiger partial charge in [0.25, 0.3) is 0 Å². The molecule has 0 aromatic heterocycles. The van der Waals surface area contributed by atoms with Crippen LogP contribution in [0.25, 0.3) is 0 Å². The first-order valence-corrected chi connectivity index (χ1v) is 11.0. The lowest BCUT2D eigenvalue weighted by Gasteiger charge is -2.37. The van der Waals surface area contributed by atoms with Crippen molar-refractivity contribution in [1.82, 2.24) is 5.43 Å². The number of hydrazone groups is 1. The molecule has 2 aromatic carbocycles. The number of nitrogens with zero attached hydrogens (tertiary/aromatic N) is 1. The summed E-state index contributed by atoms with van der Waals surface area (Å²) in [6.45, 7) is 5.99. The van der Waals surface area contributed by atoms with Crippen molar-refractivity contribution < 1.29 is 9.53 Å². The van der Waals surface area contributed by atoms with E-state index < -0.39 is 0 Å². The van der Waals surface area contributed by atoms with Gasteiger partial charge >= 0.3 is 0 Å².